The molecule has 1 aromatic carbocycles. The van der Waals surface area contributed by atoms with Crippen LogP contribution >= 0.6 is 0 Å². The summed E-state index contributed by atoms with van der Waals surface area (Å²) in [6, 6.07) is 11.8. The molecule has 1 fully saturated rings. The number of carbonyl (C=O) groups excluding carboxylic acids is 1. The monoisotopic (exact) mass is 429 g/mol. The SMILES string of the molecule is CC(C)(C)S(=O)(=O)NC1CCC(C(=O)Nc2ccc(Cc3ccncc3)cc2)CC1. The van der Waals surface area contributed by atoms with Gasteiger partial charge in [-0.05, 0) is 88.3 Å². The van der Waals surface area contributed by atoms with Crippen LogP contribution in [0.15, 0.2) is 48.8 Å². The molecule has 0 unspecified atom stereocenters. The molecule has 162 valence electrons. The number of pyridine rings is 1. The van der Waals surface area contributed by atoms with Gasteiger partial charge < -0.3 is 5.32 Å². The standard InChI is InChI=1S/C23H31N3O3S/c1-23(2,3)30(28,29)26-21-10-6-19(7-11-21)22(27)25-20-8-4-17(5-9-20)16-18-12-14-24-15-13-18/h4-5,8-9,12-15,19,21,26H,6-7,10-11,16H2,1-3H3,(H,25,27). The van der Waals surface area contributed by atoms with Crippen molar-refractivity contribution in [2.75, 3.05) is 5.32 Å². The highest BCUT2D eigenvalue weighted by atomic mass is 32.2. The predicted octanol–water partition coefficient (Wildman–Crippen LogP) is 3.89. The van der Waals surface area contributed by atoms with Crippen LogP contribution in [-0.4, -0.2) is 30.1 Å². The Morgan fingerprint density at radius 3 is 2.10 bits per heavy atom. The highest BCUT2D eigenvalue weighted by molar-refractivity contribution is 7.90. The Hall–Kier alpha value is -2.25. The summed E-state index contributed by atoms with van der Waals surface area (Å²) in [5.41, 5.74) is 3.15. The molecule has 1 aliphatic carbocycles. The van der Waals surface area contributed by atoms with Crippen LogP contribution in [0, 0.1) is 5.92 Å². The zero-order valence-corrected chi connectivity index (χ0v) is 18.7. The fraction of sp³-hybridized carbons (Fsp3) is 0.478. The smallest absolute Gasteiger partial charge is 0.227 e. The van der Waals surface area contributed by atoms with Gasteiger partial charge in [-0.25, -0.2) is 13.1 Å². The first kappa shape index (κ1) is 22.4. The summed E-state index contributed by atoms with van der Waals surface area (Å²) in [5, 5.41) is 3.00. The Morgan fingerprint density at radius 2 is 1.53 bits per heavy atom. The second kappa shape index (κ2) is 9.27. The molecule has 0 radical (unpaired) electrons. The number of nitrogens with one attached hydrogen (secondary N) is 2. The molecule has 1 aliphatic rings. The van der Waals surface area contributed by atoms with Gasteiger partial charge in [0.25, 0.3) is 0 Å². The third-order valence-corrected chi connectivity index (χ3v) is 7.86. The maximum atomic E-state index is 12.6. The van der Waals surface area contributed by atoms with Gasteiger partial charge in [-0.1, -0.05) is 12.1 Å². The quantitative estimate of drug-likeness (QED) is 0.729. The van der Waals surface area contributed by atoms with Gasteiger partial charge in [-0.3, -0.25) is 9.78 Å². The normalized spacial score (nSPS) is 20.0. The van der Waals surface area contributed by atoms with E-state index in [1.54, 1.807) is 33.2 Å². The van der Waals surface area contributed by atoms with Crippen LogP contribution < -0.4 is 10.0 Å². The van der Waals surface area contributed by atoms with Crippen LogP contribution in [-0.2, 0) is 21.2 Å². The Kier molecular flexibility index (Phi) is 6.93. The minimum absolute atomic E-state index is 0.00834. The van der Waals surface area contributed by atoms with Crippen molar-refractivity contribution in [2.45, 2.75) is 63.7 Å². The zero-order chi connectivity index (χ0) is 21.8. The third-order valence-electron chi connectivity index (χ3n) is 5.61. The number of amides is 1. The van der Waals surface area contributed by atoms with Crippen molar-refractivity contribution in [1.29, 1.82) is 0 Å². The number of sulfonamides is 1. The molecule has 1 aromatic heterocycles. The number of hydrogen-bond donors (Lipinski definition) is 2. The van der Waals surface area contributed by atoms with Gasteiger partial charge in [0.2, 0.25) is 15.9 Å². The van der Waals surface area contributed by atoms with Crippen LogP contribution in [0.4, 0.5) is 5.69 Å². The molecule has 6 nitrogen and oxygen atoms in total. The summed E-state index contributed by atoms with van der Waals surface area (Å²) < 4.78 is 26.6. The summed E-state index contributed by atoms with van der Waals surface area (Å²) in [6.45, 7) is 5.07. The number of rotatable bonds is 6. The number of hydrogen-bond acceptors (Lipinski definition) is 4. The Bertz CT molecular complexity index is 943. The van der Waals surface area contributed by atoms with E-state index in [4.69, 9.17) is 0 Å². The van der Waals surface area contributed by atoms with Crippen molar-refractivity contribution in [3.05, 3.63) is 59.9 Å². The van der Waals surface area contributed by atoms with Crippen molar-refractivity contribution in [3.63, 3.8) is 0 Å². The second-order valence-corrected chi connectivity index (χ2v) is 11.5. The van der Waals surface area contributed by atoms with Gasteiger partial charge in [0, 0.05) is 30.0 Å². The molecular formula is C23H31N3O3S. The molecule has 0 spiro atoms. The first-order valence-electron chi connectivity index (χ1n) is 10.4. The Morgan fingerprint density at radius 1 is 0.967 bits per heavy atom. The summed E-state index contributed by atoms with van der Waals surface area (Å²) in [6.07, 6.45) is 7.12. The van der Waals surface area contributed by atoms with Crippen molar-refractivity contribution in [3.8, 4) is 0 Å². The molecule has 0 atom stereocenters. The van der Waals surface area contributed by atoms with E-state index in [0.717, 1.165) is 12.1 Å². The maximum Gasteiger partial charge on any atom is 0.227 e. The molecular weight excluding hydrogens is 398 g/mol. The predicted molar refractivity (Wildman–Crippen MR) is 120 cm³/mol. The fourth-order valence-corrected chi connectivity index (χ4v) is 4.58. The van der Waals surface area contributed by atoms with Crippen LogP contribution in [0.5, 0.6) is 0 Å². The Balaban J connectivity index is 1.49. The fourth-order valence-electron chi connectivity index (χ4n) is 3.56. The van der Waals surface area contributed by atoms with Crippen LogP contribution in [0.1, 0.15) is 57.6 Å². The lowest BCUT2D eigenvalue weighted by molar-refractivity contribution is -0.120. The summed E-state index contributed by atoms with van der Waals surface area (Å²) >= 11 is 0. The van der Waals surface area contributed by atoms with E-state index < -0.39 is 14.8 Å². The van der Waals surface area contributed by atoms with E-state index >= 15 is 0 Å². The third kappa shape index (κ3) is 5.89. The zero-order valence-electron chi connectivity index (χ0n) is 17.9. The van der Waals surface area contributed by atoms with Crippen LogP contribution in [0.3, 0.4) is 0 Å². The molecule has 1 amide bonds. The lowest BCUT2D eigenvalue weighted by atomic mass is 9.86. The summed E-state index contributed by atoms with van der Waals surface area (Å²) in [4.78, 5) is 16.7. The van der Waals surface area contributed by atoms with E-state index in [0.29, 0.717) is 25.7 Å². The molecule has 7 heteroatoms. The topological polar surface area (TPSA) is 88.2 Å². The molecule has 1 heterocycles. The largest absolute Gasteiger partial charge is 0.326 e. The average molecular weight is 430 g/mol. The van der Waals surface area contributed by atoms with Crippen molar-refractivity contribution < 1.29 is 13.2 Å². The van der Waals surface area contributed by atoms with Gasteiger partial charge in [0.1, 0.15) is 0 Å². The van der Waals surface area contributed by atoms with Crippen LogP contribution in [0.25, 0.3) is 0 Å². The number of nitrogens with zero attached hydrogens (tertiary/aromatic N) is 1. The molecule has 3 rings (SSSR count). The highest BCUT2D eigenvalue weighted by Crippen LogP contribution is 2.27. The van der Waals surface area contributed by atoms with Gasteiger partial charge in [0.05, 0.1) is 4.75 Å². The van der Waals surface area contributed by atoms with Gasteiger partial charge in [0.15, 0.2) is 0 Å². The van der Waals surface area contributed by atoms with Crippen LogP contribution in [0.2, 0.25) is 0 Å². The minimum Gasteiger partial charge on any atom is -0.326 e. The maximum absolute atomic E-state index is 12.6. The van der Waals surface area contributed by atoms with E-state index in [1.807, 2.05) is 36.4 Å². The summed E-state index contributed by atoms with van der Waals surface area (Å²) in [5.74, 6) is -0.0779. The van der Waals surface area contributed by atoms with E-state index in [2.05, 4.69) is 15.0 Å². The van der Waals surface area contributed by atoms with Crippen molar-refractivity contribution in [2.24, 2.45) is 5.92 Å². The number of anilines is 1. The molecule has 0 saturated heterocycles. The molecule has 0 aliphatic heterocycles. The average Bonchev–Trinajstić information content (AvgIpc) is 2.70. The molecule has 2 aromatic rings. The van der Waals surface area contributed by atoms with Gasteiger partial charge in [-0.15, -0.1) is 0 Å². The number of aromatic nitrogens is 1. The lowest BCUT2D eigenvalue weighted by Gasteiger charge is -2.30. The second-order valence-electron chi connectivity index (χ2n) is 9.00. The molecule has 0 bridgehead atoms. The van der Waals surface area contributed by atoms with Gasteiger partial charge in [-0.2, -0.15) is 0 Å². The van der Waals surface area contributed by atoms with E-state index in [1.165, 1.54) is 11.1 Å². The molecule has 2 N–H and O–H groups in total. The first-order chi connectivity index (χ1) is 14.1. The Labute approximate surface area is 179 Å². The minimum atomic E-state index is -3.36. The summed E-state index contributed by atoms with van der Waals surface area (Å²) in [7, 11) is -3.36. The first-order valence-corrected chi connectivity index (χ1v) is 11.9. The highest BCUT2D eigenvalue weighted by Gasteiger charge is 2.34. The van der Waals surface area contributed by atoms with E-state index in [9.17, 15) is 13.2 Å². The van der Waals surface area contributed by atoms with Crippen molar-refractivity contribution in [1.82, 2.24) is 9.71 Å². The number of benzene rings is 1. The number of carbonyl (C=O) groups is 1. The van der Waals surface area contributed by atoms with E-state index in [-0.39, 0.29) is 17.9 Å². The van der Waals surface area contributed by atoms with Gasteiger partial charge >= 0.3 is 0 Å². The van der Waals surface area contributed by atoms with Crippen molar-refractivity contribution >= 4 is 21.6 Å². The molecule has 30 heavy (non-hydrogen) atoms. The molecule has 1 saturated carbocycles. The lowest BCUT2D eigenvalue weighted by Crippen LogP contribution is -2.46.